The summed E-state index contributed by atoms with van der Waals surface area (Å²) in [6, 6.07) is 11.0. The highest BCUT2D eigenvalue weighted by atomic mass is 19.4. The van der Waals surface area contributed by atoms with Crippen molar-refractivity contribution in [2.75, 3.05) is 6.61 Å². The second-order valence-corrected chi connectivity index (χ2v) is 4.95. The molecule has 0 heterocycles. The molecule has 0 fully saturated rings. The standard InChI is InChI=1S/C16H17F3O2/c1-11(20)13-8-7-12-5-2-3-6-14(12)15(13)21-10-4-9-16(17,18)19/h2-3,5-8,11,20H,4,9-10H2,1H3/t11-/m1/s1. The molecule has 0 saturated heterocycles. The Morgan fingerprint density at radius 1 is 1.14 bits per heavy atom. The van der Waals surface area contributed by atoms with E-state index in [0.717, 1.165) is 10.8 Å². The Morgan fingerprint density at radius 2 is 1.86 bits per heavy atom. The van der Waals surface area contributed by atoms with Crippen LogP contribution in [0.2, 0.25) is 0 Å². The van der Waals surface area contributed by atoms with Gasteiger partial charge in [0.05, 0.1) is 12.7 Å². The van der Waals surface area contributed by atoms with Gasteiger partial charge in [-0.3, -0.25) is 0 Å². The molecule has 0 aliphatic rings. The minimum absolute atomic E-state index is 0.0345. The van der Waals surface area contributed by atoms with Gasteiger partial charge in [-0.2, -0.15) is 13.2 Å². The zero-order chi connectivity index (χ0) is 15.5. The van der Waals surface area contributed by atoms with Crippen molar-refractivity contribution in [3.8, 4) is 5.75 Å². The van der Waals surface area contributed by atoms with Crippen LogP contribution >= 0.6 is 0 Å². The van der Waals surface area contributed by atoms with E-state index >= 15 is 0 Å². The third kappa shape index (κ3) is 4.11. The van der Waals surface area contributed by atoms with E-state index in [0.29, 0.717) is 11.3 Å². The normalized spacial score (nSPS) is 13.4. The highest BCUT2D eigenvalue weighted by Gasteiger charge is 2.26. The first-order valence-corrected chi connectivity index (χ1v) is 6.78. The van der Waals surface area contributed by atoms with Crippen molar-refractivity contribution >= 4 is 10.8 Å². The first-order chi connectivity index (χ1) is 9.88. The van der Waals surface area contributed by atoms with E-state index < -0.39 is 18.7 Å². The highest BCUT2D eigenvalue weighted by Crippen LogP contribution is 2.34. The van der Waals surface area contributed by atoms with E-state index in [9.17, 15) is 18.3 Å². The number of aliphatic hydroxyl groups excluding tert-OH is 1. The second kappa shape index (κ2) is 6.35. The van der Waals surface area contributed by atoms with Gasteiger partial charge in [0.15, 0.2) is 0 Å². The van der Waals surface area contributed by atoms with E-state index in [2.05, 4.69) is 0 Å². The Labute approximate surface area is 121 Å². The van der Waals surface area contributed by atoms with Gasteiger partial charge in [0.1, 0.15) is 5.75 Å². The first kappa shape index (κ1) is 15.6. The molecular formula is C16H17F3O2. The molecule has 21 heavy (non-hydrogen) atoms. The monoisotopic (exact) mass is 298 g/mol. The Hall–Kier alpha value is -1.75. The number of hydrogen-bond donors (Lipinski definition) is 1. The van der Waals surface area contributed by atoms with Crippen LogP contribution in [-0.4, -0.2) is 17.9 Å². The average Bonchev–Trinajstić information content (AvgIpc) is 2.42. The Balaban J connectivity index is 2.21. The summed E-state index contributed by atoms with van der Waals surface area (Å²) < 4.78 is 42.0. The molecule has 2 aromatic carbocycles. The van der Waals surface area contributed by atoms with Crippen molar-refractivity contribution in [2.45, 2.75) is 32.0 Å². The van der Waals surface area contributed by atoms with Gasteiger partial charge in [-0.05, 0) is 18.7 Å². The van der Waals surface area contributed by atoms with Gasteiger partial charge in [-0.15, -0.1) is 0 Å². The van der Waals surface area contributed by atoms with Crippen molar-refractivity contribution < 1.29 is 23.0 Å². The lowest BCUT2D eigenvalue weighted by molar-refractivity contribution is -0.136. The maximum absolute atomic E-state index is 12.1. The predicted molar refractivity (Wildman–Crippen MR) is 75.4 cm³/mol. The SMILES string of the molecule is C[C@@H](O)c1ccc2ccccc2c1OCCCC(F)(F)F. The molecule has 0 aliphatic carbocycles. The summed E-state index contributed by atoms with van der Waals surface area (Å²) in [5.74, 6) is 0.463. The van der Waals surface area contributed by atoms with E-state index in [1.807, 2.05) is 30.3 Å². The second-order valence-electron chi connectivity index (χ2n) is 4.95. The van der Waals surface area contributed by atoms with Crippen molar-refractivity contribution in [1.29, 1.82) is 0 Å². The van der Waals surface area contributed by atoms with Crippen LogP contribution < -0.4 is 4.74 Å². The quantitative estimate of drug-likeness (QED) is 0.816. The lowest BCUT2D eigenvalue weighted by Gasteiger charge is -2.16. The predicted octanol–water partition coefficient (Wildman–Crippen LogP) is 4.61. The van der Waals surface area contributed by atoms with E-state index in [1.165, 1.54) is 0 Å². The summed E-state index contributed by atoms with van der Waals surface area (Å²) in [5.41, 5.74) is 0.584. The molecule has 0 unspecified atom stereocenters. The fourth-order valence-electron chi connectivity index (χ4n) is 2.20. The lowest BCUT2D eigenvalue weighted by Crippen LogP contribution is -2.10. The molecule has 0 radical (unpaired) electrons. The van der Waals surface area contributed by atoms with E-state index in [1.54, 1.807) is 13.0 Å². The van der Waals surface area contributed by atoms with Crippen LogP contribution in [0.25, 0.3) is 10.8 Å². The minimum atomic E-state index is -4.17. The van der Waals surface area contributed by atoms with E-state index in [-0.39, 0.29) is 13.0 Å². The molecule has 0 saturated carbocycles. The molecule has 0 aliphatic heterocycles. The summed E-state index contributed by atoms with van der Waals surface area (Å²) in [6.45, 7) is 1.57. The van der Waals surface area contributed by atoms with Gasteiger partial charge in [0, 0.05) is 17.4 Å². The Bertz CT molecular complexity index is 606. The van der Waals surface area contributed by atoms with Crippen LogP contribution in [0.3, 0.4) is 0 Å². The number of benzene rings is 2. The fourth-order valence-corrected chi connectivity index (χ4v) is 2.20. The molecule has 5 heteroatoms. The zero-order valence-corrected chi connectivity index (χ0v) is 11.7. The summed E-state index contributed by atoms with van der Waals surface area (Å²) >= 11 is 0. The van der Waals surface area contributed by atoms with Crippen LogP contribution in [0.1, 0.15) is 31.4 Å². The fraction of sp³-hybridized carbons (Fsp3) is 0.375. The molecule has 0 amide bonds. The number of hydrogen-bond acceptors (Lipinski definition) is 2. The molecule has 2 rings (SSSR count). The molecule has 0 aromatic heterocycles. The number of fused-ring (bicyclic) bond motifs is 1. The van der Waals surface area contributed by atoms with Crippen molar-refractivity contribution in [3.05, 3.63) is 42.0 Å². The number of ether oxygens (including phenoxy) is 1. The molecule has 114 valence electrons. The first-order valence-electron chi connectivity index (χ1n) is 6.78. The van der Waals surface area contributed by atoms with Crippen LogP contribution in [0.15, 0.2) is 36.4 Å². The van der Waals surface area contributed by atoms with Crippen LogP contribution in [0, 0.1) is 0 Å². The number of alkyl halides is 3. The maximum Gasteiger partial charge on any atom is 0.389 e. The van der Waals surface area contributed by atoms with Crippen molar-refractivity contribution in [1.82, 2.24) is 0 Å². The smallest absolute Gasteiger partial charge is 0.389 e. The molecule has 1 atom stereocenters. The highest BCUT2D eigenvalue weighted by molar-refractivity contribution is 5.89. The molecule has 1 N–H and O–H groups in total. The molecule has 2 aromatic rings. The summed E-state index contributed by atoms with van der Waals surface area (Å²) in [7, 11) is 0. The van der Waals surface area contributed by atoms with Crippen LogP contribution in [-0.2, 0) is 0 Å². The maximum atomic E-state index is 12.1. The molecular weight excluding hydrogens is 281 g/mol. The summed E-state index contributed by atoms with van der Waals surface area (Å²) in [4.78, 5) is 0. The van der Waals surface area contributed by atoms with Gasteiger partial charge < -0.3 is 9.84 Å². The number of aliphatic hydroxyl groups is 1. The van der Waals surface area contributed by atoms with Gasteiger partial charge >= 0.3 is 6.18 Å². The van der Waals surface area contributed by atoms with Gasteiger partial charge in [-0.25, -0.2) is 0 Å². The summed E-state index contributed by atoms with van der Waals surface area (Å²) in [6.07, 6.45) is -5.89. The number of halogens is 3. The van der Waals surface area contributed by atoms with E-state index in [4.69, 9.17) is 4.74 Å². The lowest BCUT2D eigenvalue weighted by atomic mass is 10.0. The molecule has 0 spiro atoms. The Kier molecular flexibility index (Phi) is 4.73. The minimum Gasteiger partial charge on any atom is -0.493 e. The third-order valence-electron chi connectivity index (χ3n) is 3.21. The van der Waals surface area contributed by atoms with Crippen molar-refractivity contribution in [3.63, 3.8) is 0 Å². The average molecular weight is 298 g/mol. The summed E-state index contributed by atoms with van der Waals surface area (Å²) in [5, 5.41) is 11.5. The van der Waals surface area contributed by atoms with Gasteiger partial charge in [-0.1, -0.05) is 36.4 Å². The molecule has 0 bridgehead atoms. The Morgan fingerprint density at radius 3 is 2.52 bits per heavy atom. The largest absolute Gasteiger partial charge is 0.493 e. The zero-order valence-electron chi connectivity index (χ0n) is 11.7. The van der Waals surface area contributed by atoms with Crippen LogP contribution in [0.4, 0.5) is 13.2 Å². The topological polar surface area (TPSA) is 29.5 Å². The van der Waals surface area contributed by atoms with Crippen molar-refractivity contribution in [2.24, 2.45) is 0 Å². The van der Waals surface area contributed by atoms with Gasteiger partial charge in [0.25, 0.3) is 0 Å². The number of rotatable bonds is 5. The van der Waals surface area contributed by atoms with Crippen LogP contribution in [0.5, 0.6) is 5.75 Å². The van der Waals surface area contributed by atoms with Gasteiger partial charge in [0.2, 0.25) is 0 Å². The molecule has 2 nitrogen and oxygen atoms in total. The third-order valence-corrected chi connectivity index (χ3v) is 3.21.